The number of carbonyl (C=O) groups is 2. The van der Waals surface area contributed by atoms with E-state index in [-0.39, 0.29) is 53.9 Å². The molecule has 126 valence electrons. The molecule has 0 unspecified atom stereocenters. The summed E-state index contributed by atoms with van der Waals surface area (Å²) in [4.78, 5) is 24.9. The van der Waals surface area contributed by atoms with Gasteiger partial charge in [0.1, 0.15) is 12.2 Å². The van der Waals surface area contributed by atoms with E-state index in [0.717, 1.165) is 25.9 Å². The van der Waals surface area contributed by atoms with Gasteiger partial charge in [-0.2, -0.15) is 0 Å². The molecule has 0 N–H and O–H groups in total. The van der Waals surface area contributed by atoms with E-state index in [1.807, 2.05) is 18.2 Å². The number of esters is 2. The first-order chi connectivity index (χ1) is 11.7. The quantitative estimate of drug-likeness (QED) is 0.626. The summed E-state index contributed by atoms with van der Waals surface area (Å²) in [5.74, 6) is 0.168. The zero-order valence-electron chi connectivity index (χ0n) is 13.3. The van der Waals surface area contributed by atoms with Crippen LogP contribution in [0.1, 0.15) is 29.6 Å². The molecule has 6 rings (SSSR count). The maximum atomic E-state index is 12.5. The van der Waals surface area contributed by atoms with Gasteiger partial charge < -0.3 is 14.2 Å². The number of rotatable bonds is 4. The van der Waals surface area contributed by atoms with Crippen LogP contribution in [0.3, 0.4) is 0 Å². The van der Waals surface area contributed by atoms with Crippen molar-refractivity contribution >= 4 is 11.9 Å². The van der Waals surface area contributed by atoms with Gasteiger partial charge >= 0.3 is 11.9 Å². The van der Waals surface area contributed by atoms with Crippen molar-refractivity contribution in [3.8, 4) is 0 Å². The number of hydrogen-bond donors (Lipinski definition) is 0. The first-order valence-electron chi connectivity index (χ1n) is 8.80. The molecule has 7 atom stereocenters. The van der Waals surface area contributed by atoms with Crippen molar-refractivity contribution in [3.63, 3.8) is 0 Å². The zero-order valence-corrected chi connectivity index (χ0v) is 13.3. The van der Waals surface area contributed by atoms with E-state index in [2.05, 4.69) is 0 Å². The molecule has 5 heteroatoms. The van der Waals surface area contributed by atoms with E-state index in [1.165, 1.54) is 0 Å². The molecular formula is C19H20O5. The molecule has 1 aromatic rings. The molecule has 2 aliphatic heterocycles. The van der Waals surface area contributed by atoms with Crippen molar-refractivity contribution in [1.29, 1.82) is 0 Å². The van der Waals surface area contributed by atoms with Crippen molar-refractivity contribution < 1.29 is 23.8 Å². The van der Waals surface area contributed by atoms with Crippen molar-refractivity contribution in [2.75, 3.05) is 6.61 Å². The Morgan fingerprint density at radius 3 is 2.67 bits per heavy atom. The first kappa shape index (κ1) is 14.5. The van der Waals surface area contributed by atoms with E-state index in [0.29, 0.717) is 5.56 Å². The van der Waals surface area contributed by atoms with Gasteiger partial charge in [0.25, 0.3) is 0 Å². The summed E-state index contributed by atoms with van der Waals surface area (Å²) in [5.41, 5.74) is 0.543. The summed E-state index contributed by atoms with van der Waals surface area (Å²) in [6, 6.07) is 9.02. The molecule has 0 radical (unpaired) electrons. The van der Waals surface area contributed by atoms with E-state index >= 15 is 0 Å². The highest BCUT2D eigenvalue weighted by molar-refractivity contribution is 5.89. The van der Waals surface area contributed by atoms with Crippen molar-refractivity contribution in [3.05, 3.63) is 35.9 Å². The van der Waals surface area contributed by atoms with Gasteiger partial charge in [0.05, 0.1) is 24.2 Å². The van der Waals surface area contributed by atoms with Crippen LogP contribution in [0.5, 0.6) is 0 Å². The summed E-state index contributed by atoms with van der Waals surface area (Å²) < 4.78 is 16.9. The molecule has 1 aromatic carbocycles. The van der Waals surface area contributed by atoms with Gasteiger partial charge in [-0.3, -0.25) is 4.79 Å². The lowest BCUT2D eigenvalue weighted by atomic mass is 9.56. The van der Waals surface area contributed by atoms with Crippen LogP contribution in [0, 0.1) is 23.7 Å². The van der Waals surface area contributed by atoms with Crippen LogP contribution in [0.2, 0.25) is 0 Å². The number of fused-ring (bicyclic) bond motifs is 1. The van der Waals surface area contributed by atoms with Crippen LogP contribution < -0.4 is 0 Å². The summed E-state index contributed by atoms with van der Waals surface area (Å²) in [6.45, 7) is 0.785. The molecule has 2 heterocycles. The van der Waals surface area contributed by atoms with Gasteiger partial charge in [-0.25, -0.2) is 4.79 Å². The second-order valence-corrected chi connectivity index (χ2v) is 7.42. The second kappa shape index (κ2) is 5.31. The topological polar surface area (TPSA) is 65.1 Å². The predicted octanol–water partition coefficient (Wildman–Crippen LogP) is 2.20. The van der Waals surface area contributed by atoms with Crippen LogP contribution in [-0.4, -0.2) is 36.9 Å². The Labute approximate surface area is 140 Å². The highest BCUT2D eigenvalue weighted by Crippen LogP contribution is 2.57. The molecule has 0 spiro atoms. The van der Waals surface area contributed by atoms with Gasteiger partial charge in [0, 0.05) is 11.8 Å². The smallest absolute Gasteiger partial charge is 0.338 e. The van der Waals surface area contributed by atoms with E-state index in [4.69, 9.17) is 14.2 Å². The Morgan fingerprint density at radius 1 is 1.17 bits per heavy atom. The third-order valence-electron chi connectivity index (χ3n) is 6.19. The minimum Gasteiger partial charge on any atom is -0.458 e. The predicted molar refractivity (Wildman–Crippen MR) is 83.1 cm³/mol. The molecule has 2 saturated heterocycles. The maximum absolute atomic E-state index is 12.5. The molecule has 0 amide bonds. The molecule has 24 heavy (non-hydrogen) atoms. The van der Waals surface area contributed by atoms with E-state index < -0.39 is 0 Å². The van der Waals surface area contributed by atoms with Crippen LogP contribution in [0.15, 0.2) is 30.3 Å². The highest BCUT2D eigenvalue weighted by Gasteiger charge is 2.64. The zero-order chi connectivity index (χ0) is 16.3. The van der Waals surface area contributed by atoms with Crippen molar-refractivity contribution in [2.45, 2.75) is 37.6 Å². The molecule has 5 aliphatic rings. The van der Waals surface area contributed by atoms with Gasteiger partial charge in [0.15, 0.2) is 0 Å². The average Bonchev–Trinajstić information content (AvgIpc) is 3.36. The van der Waals surface area contributed by atoms with Gasteiger partial charge in [-0.1, -0.05) is 18.2 Å². The van der Waals surface area contributed by atoms with Gasteiger partial charge in [-0.05, 0) is 37.3 Å². The van der Waals surface area contributed by atoms with Crippen molar-refractivity contribution in [1.82, 2.24) is 0 Å². The van der Waals surface area contributed by atoms with Crippen molar-refractivity contribution in [2.24, 2.45) is 23.7 Å². The lowest BCUT2D eigenvalue weighted by Crippen LogP contribution is -2.55. The number of hydrogen-bond acceptors (Lipinski definition) is 5. The fraction of sp³-hybridized carbons (Fsp3) is 0.579. The number of carbonyl (C=O) groups excluding carboxylic acids is 2. The average molecular weight is 328 g/mol. The summed E-state index contributed by atoms with van der Waals surface area (Å²) in [7, 11) is 0. The summed E-state index contributed by atoms with van der Waals surface area (Å²) in [5, 5.41) is 0. The summed E-state index contributed by atoms with van der Waals surface area (Å²) in [6.07, 6.45) is 2.57. The normalized spacial score (nSPS) is 41.8. The number of epoxide rings is 1. The molecule has 5 fully saturated rings. The third-order valence-corrected chi connectivity index (χ3v) is 6.19. The minimum absolute atomic E-state index is 0.0235. The number of benzene rings is 1. The Balaban J connectivity index is 1.41. The lowest BCUT2D eigenvalue weighted by Gasteiger charge is -2.48. The second-order valence-electron chi connectivity index (χ2n) is 7.42. The van der Waals surface area contributed by atoms with E-state index in [1.54, 1.807) is 12.1 Å². The van der Waals surface area contributed by atoms with Gasteiger partial charge in [0.2, 0.25) is 0 Å². The monoisotopic (exact) mass is 328 g/mol. The SMILES string of the molecule is O=C(O[C@@H]1[C@@H]2CC[C@@H]3[C@@H]1OC(=O)[C@H]3[C@@H]2C[C@@H]1CO1)c1ccccc1. The summed E-state index contributed by atoms with van der Waals surface area (Å²) >= 11 is 0. The van der Waals surface area contributed by atoms with E-state index in [9.17, 15) is 9.59 Å². The Morgan fingerprint density at radius 2 is 1.92 bits per heavy atom. The Kier molecular flexibility index (Phi) is 3.20. The maximum Gasteiger partial charge on any atom is 0.338 e. The Bertz CT molecular complexity index is 668. The highest BCUT2D eigenvalue weighted by atomic mass is 16.6. The molecule has 0 aromatic heterocycles. The molecule has 4 bridgehead atoms. The number of ether oxygens (including phenoxy) is 3. The Hall–Kier alpha value is -1.88. The fourth-order valence-corrected chi connectivity index (χ4v) is 5.09. The third kappa shape index (κ3) is 2.18. The van der Waals surface area contributed by atoms with Crippen LogP contribution >= 0.6 is 0 Å². The standard InChI is InChI=1S/C19H20O5/c20-18(10-4-2-1-3-5-10)23-16-12-6-7-13-15(19(21)24-17(13)16)14(12)8-11-9-22-11/h1-5,11-17H,6-9H2/t11-,12-,13+,14-,15-,16-,17+/m1/s1. The first-order valence-corrected chi connectivity index (χ1v) is 8.80. The van der Waals surface area contributed by atoms with Gasteiger partial charge in [-0.15, -0.1) is 0 Å². The molecular weight excluding hydrogens is 308 g/mol. The van der Waals surface area contributed by atoms with Crippen LogP contribution in [-0.2, 0) is 19.0 Å². The lowest BCUT2D eigenvalue weighted by molar-refractivity contribution is -0.147. The largest absolute Gasteiger partial charge is 0.458 e. The fourth-order valence-electron chi connectivity index (χ4n) is 5.09. The minimum atomic E-state index is -0.325. The molecule has 3 saturated carbocycles. The van der Waals surface area contributed by atoms with Crippen LogP contribution in [0.25, 0.3) is 0 Å². The van der Waals surface area contributed by atoms with Crippen LogP contribution in [0.4, 0.5) is 0 Å². The molecule has 5 nitrogen and oxygen atoms in total. The molecule has 3 aliphatic carbocycles.